The Morgan fingerprint density at radius 1 is 1.15 bits per heavy atom. The second-order valence-corrected chi connectivity index (χ2v) is 5.91. The third-order valence-corrected chi connectivity index (χ3v) is 3.49. The number of likely N-dealkylation sites (N-methyl/N-ethyl adjacent to an activating group) is 1. The molecule has 1 heterocycles. The molecule has 0 aliphatic carbocycles. The quantitative estimate of drug-likeness (QED) is 0.430. The van der Waals surface area contributed by atoms with Crippen molar-refractivity contribution in [2.75, 3.05) is 53.5 Å². The van der Waals surface area contributed by atoms with Crippen LogP contribution in [0.4, 0.5) is 0 Å². The molecule has 0 amide bonds. The van der Waals surface area contributed by atoms with Crippen LogP contribution < -0.4 is 0 Å². The number of esters is 2. The Morgan fingerprint density at radius 2 is 1.70 bits per heavy atom. The van der Waals surface area contributed by atoms with E-state index in [2.05, 4.69) is 11.8 Å². The molecule has 1 aliphatic rings. The number of Topliss-reactive ketones (excluding diaryl/α,β-unsaturated/α-hetero) is 1. The molecule has 9 nitrogen and oxygen atoms in total. The number of likely N-dealkylation sites (tertiary alicyclic amines) is 1. The largest absolute Gasteiger partial charge is 0.466 e. The van der Waals surface area contributed by atoms with E-state index in [0.717, 1.165) is 19.5 Å². The summed E-state index contributed by atoms with van der Waals surface area (Å²) < 4.78 is 9.56. The minimum atomic E-state index is -0.546. The maximum absolute atomic E-state index is 11.2. The highest BCUT2D eigenvalue weighted by Crippen LogP contribution is 2.12. The lowest BCUT2D eigenvalue weighted by Gasteiger charge is -2.14. The van der Waals surface area contributed by atoms with Gasteiger partial charge in [0.25, 0.3) is 0 Å². The SMILES string of the molecule is CCCN(C)CCC(=O)OCC.CCOC(=O)C1CN(C)CC1=O.O=C=O. The van der Waals surface area contributed by atoms with Crippen LogP contribution in [0.3, 0.4) is 0 Å². The predicted molar refractivity (Wildman–Crippen MR) is 96.7 cm³/mol. The highest BCUT2D eigenvalue weighted by Gasteiger charge is 2.35. The second kappa shape index (κ2) is 17.3. The maximum atomic E-state index is 11.2. The van der Waals surface area contributed by atoms with E-state index in [1.54, 1.807) is 6.92 Å². The van der Waals surface area contributed by atoms with Crippen LogP contribution in [0.15, 0.2) is 0 Å². The van der Waals surface area contributed by atoms with Gasteiger partial charge in [-0.1, -0.05) is 6.92 Å². The third kappa shape index (κ3) is 14.7. The minimum Gasteiger partial charge on any atom is -0.466 e. The van der Waals surface area contributed by atoms with Gasteiger partial charge in [0.2, 0.25) is 0 Å². The Balaban J connectivity index is 0. The summed E-state index contributed by atoms with van der Waals surface area (Å²) in [7, 11) is 3.83. The molecule has 1 saturated heterocycles. The molecule has 0 aromatic rings. The summed E-state index contributed by atoms with van der Waals surface area (Å²) in [6, 6.07) is 0. The number of ether oxygens (including phenoxy) is 2. The minimum absolute atomic E-state index is 0.0315. The lowest BCUT2D eigenvalue weighted by Crippen LogP contribution is -2.25. The van der Waals surface area contributed by atoms with Crippen LogP contribution in [-0.2, 0) is 33.4 Å². The molecule has 1 atom stereocenters. The summed E-state index contributed by atoms with van der Waals surface area (Å²) in [6.45, 7) is 9.21. The Morgan fingerprint density at radius 3 is 2.11 bits per heavy atom. The van der Waals surface area contributed by atoms with Crippen molar-refractivity contribution >= 4 is 23.9 Å². The Labute approximate surface area is 161 Å². The summed E-state index contributed by atoms with van der Waals surface area (Å²) in [6.07, 6.45) is 1.88. The molecule has 0 spiro atoms. The zero-order chi connectivity index (χ0) is 21.2. The normalized spacial score (nSPS) is 15.8. The molecule has 1 unspecified atom stereocenters. The molecule has 1 rings (SSSR count). The van der Waals surface area contributed by atoms with Crippen molar-refractivity contribution in [2.45, 2.75) is 33.6 Å². The topological polar surface area (TPSA) is 110 Å². The van der Waals surface area contributed by atoms with E-state index in [1.807, 2.05) is 25.9 Å². The van der Waals surface area contributed by atoms with E-state index in [4.69, 9.17) is 19.1 Å². The van der Waals surface area contributed by atoms with E-state index in [1.165, 1.54) is 0 Å². The number of carbonyl (C=O) groups excluding carboxylic acids is 5. The van der Waals surface area contributed by atoms with Gasteiger partial charge in [0.15, 0.2) is 5.78 Å². The van der Waals surface area contributed by atoms with Crippen LogP contribution in [0, 0.1) is 5.92 Å². The first-order valence-electron chi connectivity index (χ1n) is 8.98. The van der Waals surface area contributed by atoms with Crippen molar-refractivity contribution < 1.29 is 33.4 Å². The third-order valence-electron chi connectivity index (χ3n) is 3.49. The molecule has 9 heteroatoms. The summed E-state index contributed by atoms with van der Waals surface area (Å²) in [5.74, 6) is -1.06. The fourth-order valence-electron chi connectivity index (χ4n) is 2.31. The van der Waals surface area contributed by atoms with Gasteiger partial charge < -0.3 is 14.4 Å². The molecule has 1 fully saturated rings. The number of carbonyl (C=O) groups is 3. The molecule has 0 radical (unpaired) electrons. The zero-order valence-corrected chi connectivity index (χ0v) is 17.0. The fourth-order valence-corrected chi connectivity index (χ4v) is 2.31. The van der Waals surface area contributed by atoms with Crippen molar-refractivity contribution in [3.63, 3.8) is 0 Å². The second-order valence-electron chi connectivity index (χ2n) is 5.91. The first kappa shape index (κ1) is 27.1. The molecule has 0 bridgehead atoms. The van der Waals surface area contributed by atoms with Gasteiger partial charge in [-0.3, -0.25) is 19.3 Å². The van der Waals surface area contributed by atoms with Gasteiger partial charge in [-0.15, -0.1) is 0 Å². The van der Waals surface area contributed by atoms with Gasteiger partial charge in [0.05, 0.1) is 26.2 Å². The first-order chi connectivity index (χ1) is 12.8. The lowest BCUT2D eigenvalue weighted by molar-refractivity contribution is -0.191. The number of hydrogen-bond donors (Lipinski definition) is 0. The molecular formula is C18H32N2O7. The van der Waals surface area contributed by atoms with E-state index in [0.29, 0.717) is 32.7 Å². The van der Waals surface area contributed by atoms with Gasteiger partial charge in [0, 0.05) is 13.1 Å². The van der Waals surface area contributed by atoms with E-state index in [9.17, 15) is 14.4 Å². The number of rotatable bonds is 8. The zero-order valence-electron chi connectivity index (χ0n) is 17.0. The number of hydrogen-bond acceptors (Lipinski definition) is 9. The van der Waals surface area contributed by atoms with Crippen LogP contribution in [0.2, 0.25) is 0 Å². The molecule has 0 saturated carbocycles. The highest BCUT2D eigenvalue weighted by atomic mass is 16.5. The monoisotopic (exact) mass is 388 g/mol. The predicted octanol–water partition coefficient (Wildman–Crippen LogP) is 0.378. The van der Waals surface area contributed by atoms with Gasteiger partial charge in [-0.2, -0.15) is 9.59 Å². The van der Waals surface area contributed by atoms with Crippen molar-refractivity contribution in [1.29, 1.82) is 0 Å². The van der Waals surface area contributed by atoms with Crippen molar-refractivity contribution in [3.05, 3.63) is 0 Å². The number of nitrogens with zero attached hydrogens (tertiary/aromatic N) is 2. The highest BCUT2D eigenvalue weighted by molar-refractivity contribution is 6.01. The molecule has 0 N–H and O–H groups in total. The standard InChI is InChI=1S/C9H19NO2.C8H13NO3.CO2/c1-4-7-10(3)8-6-9(11)12-5-2;1-3-12-8(11)6-4-9(2)5-7(6)10;2-1-3/h4-8H2,1-3H3;6H,3-5H2,1-2H3;. The average Bonchev–Trinajstić information content (AvgIpc) is 2.94. The first-order valence-corrected chi connectivity index (χ1v) is 8.98. The van der Waals surface area contributed by atoms with Crippen LogP contribution in [-0.4, -0.2) is 87.2 Å². The summed E-state index contributed by atoms with van der Waals surface area (Å²) in [4.78, 5) is 53.4. The van der Waals surface area contributed by atoms with Crippen LogP contribution in [0.1, 0.15) is 33.6 Å². The van der Waals surface area contributed by atoms with Gasteiger partial charge in [-0.05, 0) is 40.9 Å². The van der Waals surface area contributed by atoms with E-state index in [-0.39, 0.29) is 23.9 Å². The Hall–Kier alpha value is -2.09. The Kier molecular flexibility index (Phi) is 17.4. The maximum Gasteiger partial charge on any atom is 0.373 e. The average molecular weight is 388 g/mol. The molecular weight excluding hydrogens is 356 g/mol. The number of ketones is 1. The van der Waals surface area contributed by atoms with Crippen molar-refractivity contribution in [1.82, 2.24) is 9.80 Å². The van der Waals surface area contributed by atoms with E-state index < -0.39 is 5.92 Å². The van der Waals surface area contributed by atoms with Gasteiger partial charge in [-0.25, -0.2) is 0 Å². The summed E-state index contributed by atoms with van der Waals surface area (Å²) in [5.41, 5.74) is 0. The lowest BCUT2D eigenvalue weighted by atomic mass is 10.1. The van der Waals surface area contributed by atoms with Gasteiger partial charge >= 0.3 is 18.1 Å². The fraction of sp³-hybridized carbons (Fsp3) is 0.778. The van der Waals surface area contributed by atoms with Crippen LogP contribution >= 0.6 is 0 Å². The smallest absolute Gasteiger partial charge is 0.373 e. The van der Waals surface area contributed by atoms with Crippen LogP contribution in [0.25, 0.3) is 0 Å². The molecule has 1 aliphatic heterocycles. The summed E-state index contributed by atoms with van der Waals surface area (Å²) >= 11 is 0. The Bertz CT molecular complexity index is 476. The molecule has 156 valence electrons. The molecule has 0 aromatic heterocycles. The molecule has 27 heavy (non-hydrogen) atoms. The van der Waals surface area contributed by atoms with Crippen LogP contribution in [0.5, 0.6) is 0 Å². The summed E-state index contributed by atoms with van der Waals surface area (Å²) in [5, 5.41) is 0. The van der Waals surface area contributed by atoms with Gasteiger partial charge in [0.1, 0.15) is 5.92 Å². The van der Waals surface area contributed by atoms with Crippen molar-refractivity contribution in [3.8, 4) is 0 Å². The van der Waals surface area contributed by atoms with Crippen molar-refractivity contribution in [2.24, 2.45) is 5.92 Å². The molecule has 0 aromatic carbocycles. The van der Waals surface area contributed by atoms with E-state index >= 15 is 0 Å².